The van der Waals surface area contributed by atoms with Crippen molar-refractivity contribution in [3.05, 3.63) is 263 Å². The number of amides is 3. The number of phenolic OH excluding ortho intramolecular Hbond substituents is 1. The Morgan fingerprint density at radius 3 is 1.65 bits per heavy atom. The van der Waals surface area contributed by atoms with Crippen molar-refractivity contribution in [3.8, 4) is 5.75 Å². The molecule has 0 heterocycles. The van der Waals surface area contributed by atoms with E-state index in [0.717, 1.165) is 42.5 Å². The van der Waals surface area contributed by atoms with E-state index in [1.807, 2.05) is 127 Å². The minimum atomic E-state index is -4.78. The molecule has 1 unspecified atom stereocenters. The summed E-state index contributed by atoms with van der Waals surface area (Å²) in [6, 6.07) is 55.5. The molecule has 0 bridgehead atoms. The number of nitrogens with one attached hydrogen (secondary N) is 1. The molecule has 0 aliphatic rings. The molecule has 0 fully saturated rings. The lowest BCUT2D eigenvalue weighted by atomic mass is 9.66. The quantitative estimate of drug-likeness (QED) is 0.0150. The number of allylic oxidation sites excluding steroid dienone is 2. The van der Waals surface area contributed by atoms with Gasteiger partial charge in [-0.1, -0.05) is 234 Å². The number of anilines is 1. The number of rotatable bonds is 27. The van der Waals surface area contributed by atoms with E-state index in [1.54, 1.807) is 44.2 Å². The third kappa shape index (κ3) is 15.4. The molecule has 10 nitrogen and oxygen atoms in total. The number of hydrogen-bond acceptors (Lipinski definition) is 9. The number of ether oxygens (including phenoxy) is 1. The minimum Gasteiger partial charge on any atom is -0.508 e. The number of carbonyl (C=O) groups excluding carboxylic acids is 4. The highest BCUT2D eigenvalue weighted by molar-refractivity contribution is 7.78. The highest BCUT2D eigenvalue weighted by atomic mass is 32.1. The number of halogens is 3. The highest BCUT2D eigenvalue weighted by Gasteiger charge is 2.42. The molecule has 0 spiro atoms. The van der Waals surface area contributed by atoms with Gasteiger partial charge in [-0.2, -0.15) is 13.2 Å². The van der Waals surface area contributed by atoms with Gasteiger partial charge >= 0.3 is 12.1 Å². The van der Waals surface area contributed by atoms with E-state index in [4.69, 9.17) is 4.74 Å². The maximum atomic E-state index is 15.2. The lowest BCUT2D eigenvalue weighted by Gasteiger charge is -2.39. The van der Waals surface area contributed by atoms with Crippen LogP contribution >= 0.6 is 25.6 Å². The van der Waals surface area contributed by atoms with Gasteiger partial charge in [0.15, 0.2) is 0 Å². The van der Waals surface area contributed by atoms with Crippen molar-refractivity contribution < 1.29 is 47.3 Å². The van der Waals surface area contributed by atoms with Gasteiger partial charge in [-0.05, 0) is 94.8 Å². The summed E-state index contributed by atoms with van der Waals surface area (Å²) in [5, 5.41) is 25.0. The summed E-state index contributed by atoms with van der Waals surface area (Å²) in [5.41, 5.74) is 2.17. The minimum absolute atomic E-state index is 0.0429. The third-order valence-electron chi connectivity index (χ3n) is 15.1. The first-order valence-electron chi connectivity index (χ1n) is 27.6. The number of aromatic hydroxyl groups is 1. The molecule has 7 rings (SSSR count). The number of aliphatic hydroxyl groups excluding tert-OH is 1. The van der Waals surface area contributed by atoms with Crippen molar-refractivity contribution in [1.29, 1.82) is 0 Å². The number of alkyl halides is 3. The predicted octanol–water partition coefficient (Wildman–Crippen LogP) is 14.1. The van der Waals surface area contributed by atoms with Crippen LogP contribution in [0.4, 0.5) is 18.9 Å². The van der Waals surface area contributed by atoms with Crippen molar-refractivity contribution in [3.63, 3.8) is 0 Å². The van der Waals surface area contributed by atoms with E-state index >= 15 is 4.79 Å². The standard InChI is InChI=1S/C68H70F3N3O7S2/c1-4-44-81-63(79)47-60(76)64(48(2)3)74(83)62(78)41-43-67(52-31-15-9-16-32-52,53-33-17-10-18-34-53)57-38-22-23-39-58(57)72-65(80)59(45-49-26-20-21-37-56(49)68(69,70)71)73(82)61(77)40-19-5-6-24-42-66(50-27-11-7-12-28-50,51-29-13-8-14-30-51)54-35-25-36-55(75)46-54/h4-18,20-23,25-39,46,48,59-60,64,75-76,82-83H,1,19,24,40-45,47H2,2-3H3,(H,72,80)/t59?,60-,64+/m0/s1. The van der Waals surface area contributed by atoms with Crippen LogP contribution in [-0.4, -0.2) is 67.3 Å². The molecule has 83 heavy (non-hydrogen) atoms. The Bertz CT molecular complexity index is 3210. The summed E-state index contributed by atoms with van der Waals surface area (Å²) in [4.78, 5) is 56.5. The van der Waals surface area contributed by atoms with Gasteiger partial charge in [-0.3, -0.25) is 27.8 Å². The smallest absolute Gasteiger partial charge is 0.416 e. The zero-order chi connectivity index (χ0) is 59.6. The zero-order valence-corrected chi connectivity index (χ0v) is 48.2. The molecule has 0 saturated heterocycles. The number of benzene rings is 7. The van der Waals surface area contributed by atoms with Crippen LogP contribution < -0.4 is 5.32 Å². The van der Waals surface area contributed by atoms with E-state index in [9.17, 15) is 37.8 Å². The van der Waals surface area contributed by atoms with Crippen LogP contribution in [0.25, 0.3) is 0 Å². The van der Waals surface area contributed by atoms with Crippen LogP contribution in [0.3, 0.4) is 0 Å². The molecule has 0 saturated carbocycles. The summed E-state index contributed by atoms with van der Waals surface area (Å²) in [7, 11) is 0. The molecule has 3 N–H and O–H groups in total. The fourth-order valence-electron chi connectivity index (χ4n) is 11.1. The first-order chi connectivity index (χ1) is 39.9. The topological polar surface area (TPSA) is 136 Å². The van der Waals surface area contributed by atoms with Gasteiger partial charge in [0.1, 0.15) is 18.4 Å². The maximum absolute atomic E-state index is 15.2. The molecule has 15 heteroatoms. The maximum Gasteiger partial charge on any atom is 0.416 e. The summed E-state index contributed by atoms with van der Waals surface area (Å²) < 4.78 is 51.2. The van der Waals surface area contributed by atoms with E-state index in [2.05, 4.69) is 61.8 Å². The molecule has 3 amide bonds. The van der Waals surface area contributed by atoms with Crippen molar-refractivity contribution >= 4 is 55.0 Å². The van der Waals surface area contributed by atoms with E-state index in [-0.39, 0.29) is 55.2 Å². The zero-order valence-electron chi connectivity index (χ0n) is 46.4. The molecule has 7 aromatic rings. The SMILES string of the molecule is C=CCOC(=O)C[C@H](O)[C@@H](C(C)C)N(S)C(=O)CCC(c1ccccc1)(c1ccccc1)c1ccccc1NC(=O)C(Cc1ccccc1C(F)(F)F)N(S)C(=O)CCC=CCCC(c1ccccc1)(c1ccccc1)c1cccc(O)c1. The number of nitrogens with zero attached hydrogens (tertiary/aromatic N) is 2. The number of carbonyl (C=O) groups is 4. The van der Waals surface area contributed by atoms with Crippen LogP contribution in [0.5, 0.6) is 5.75 Å². The first-order valence-corrected chi connectivity index (χ1v) is 28.4. The van der Waals surface area contributed by atoms with Crippen LogP contribution in [0.15, 0.2) is 219 Å². The largest absolute Gasteiger partial charge is 0.508 e. The number of esters is 1. The molecular formula is C68H70F3N3O7S2. The second kappa shape index (κ2) is 29.4. The number of thiol groups is 2. The molecule has 0 aliphatic carbocycles. The summed E-state index contributed by atoms with van der Waals surface area (Å²) in [6.07, 6.45) is -0.633. The van der Waals surface area contributed by atoms with Gasteiger partial charge in [-0.25, -0.2) is 0 Å². The van der Waals surface area contributed by atoms with Gasteiger partial charge in [-0.15, -0.1) is 0 Å². The van der Waals surface area contributed by atoms with Gasteiger partial charge in [0.05, 0.1) is 24.1 Å². The molecular weight excluding hydrogens is 1090 g/mol. The Balaban J connectivity index is 1.19. The Kier molecular flexibility index (Phi) is 22.2. The average Bonchev–Trinajstić information content (AvgIpc) is 3.69. The molecule has 432 valence electrons. The number of phenols is 1. The molecule has 0 aliphatic heterocycles. The Hall–Kier alpha value is -7.85. The predicted molar refractivity (Wildman–Crippen MR) is 327 cm³/mol. The summed E-state index contributed by atoms with van der Waals surface area (Å²) in [6.45, 7) is 7.11. The van der Waals surface area contributed by atoms with Crippen molar-refractivity contribution in [2.75, 3.05) is 11.9 Å². The van der Waals surface area contributed by atoms with E-state index in [1.165, 1.54) is 24.3 Å². The Morgan fingerprint density at radius 2 is 1.11 bits per heavy atom. The Morgan fingerprint density at radius 1 is 0.614 bits per heavy atom. The fourth-order valence-corrected chi connectivity index (χ4v) is 12.0. The summed E-state index contributed by atoms with van der Waals surface area (Å²) in [5.74, 6) is -2.76. The Labute approximate surface area is 495 Å². The van der Waals surface area contributed by atoms with Crippen molar-refractivity contribution in [2.45, 2.75) is 100 Å². The molecule has 7 aromatic carbocycles. The second-order valence-corrected chi connectivity index (χ2v) is 21.6. The second-order valence-electron chi connectivity index (χ2n) is 20.7. The molecule has 0 radical (unpaired) electrons. The van der Waals surface area contributed by atoms with Gasteiger partial charge in [0.2, 0.25) is 17.7 Å². The lowest BCUT2D eigenvalue weighted by Crippen LogP contribution is -2.46. The molecule has 3 atom stereocenters. The normalized spacial score (nSPS) is 13.0. The van der Waals surface area contributed by atoms with Crippen LogP contribution in [0.2, 0.25) is 0 Å². The fraction of sp³-hybridized carbons (Fsp3) is 0.265. The highest BCUT2D eigenvalue weighted by Crippen LogP contribution is 2.47. The monoisotopic (exact) mass is 1160 g/mol. The van der Waals surface area contributed by atoms with Gasteiger partial charge in [0, 0.05) is 35.8 Å². The van der Waals surface area contributed by atoms with Crippen molar-refractivity contribution in [1.82, 2.24) is 8.61 Å². The molecule has 0 aromatic heterocycles. The van der Waals surface area contributed by atoms with Crippen LogP contribution in [0.1, 0.15) is 103 Å². The van der Waals surface area contributed by atoms with E-state index < -0.39 is 77.3 Å². The third-order valence-corrected chi connectivity index (χ3v) is 16.1. The van der Waals surface area contributed by atoms with Gasteiger partial charge < -0.3 is 20.3 Å². The van der Waals surface area contributed by atoms with Crippen molar-refractivity contribution in [2.24, 2.45) is 5.92 Å². The average molecular weight is 1160 g/mol. The number of para-hydroxylation sites is 1. The number of aliphatic hydroxyl groups is 1. The summed E-state index contributed by atoms with van der Waals surface area (Å²) >= 11 is 9.26. The number of hydrogen-bond donors (Lipinski definition) is 5. The van der Waals surface area contributed by atoms with Crippen LogP contribution in [-0.2, 0) is 47.3 Å². The van der Waals surface area contributed by atoms with E-state index in [0.29, 0.717) is 18.4 Å². The van der Waals surface area contributed by atoms with Crippen LogP contribution in [0, 0.1) is 5.92 Å². The lowest BCUT2D eigenvalue weighted by molar-refractivity contribution is -0.147. The van der Waals surface area contributed by atoms with Gasteiger partial charge in [0.25, 0.3) is 0 Å². The first kappa shape index (κ1) is 62.7.